The normalized spacial score (nSPS) is 11.5. The molecule has 8 nitrogen and oxygen atoms in total. The Bertz CT molecular complexity index is 1430. The van der Waals surface area contributed by atoms with Crippen LogP contribution in [0.15, 0.2) is 54.7 Å². The molecule has 31 heavy (non-hydrogen) atoms. The van der Waals surface area contributed by atoms with Crippen LogP contribution >= 0.6 is 11.6 Å². The Balaban J connectivity index is 1.67. The molecule has 0 saturated heterocycles. The lowest BCUT2D eigenvalue weighted by molar-refractivity contribution is -0.137. The third-order valence-corrected chi connectivity index (χ3v) is 5.52. The van der Waals surface area contributed by atoms with Crippen molar-refractivity contribution >= 4 is 34.3 Å². The smallest absolute Gasteiger partial charge is 0.305 e. The van der Waals surface area contributed by atoms with Gasteiger partial charge in [-0.2, -0.15) is 5.10 Å². The van der Waals surface area contributed by atoms with E-state index in [9.17, 15) is 4.79 Å². The van der Waals surface area contributed by atoms with Crippen molar-refractivity contribution in [1.29, 1.82) is 0 Å². The zero-order chi connectivity index (χ0) is 21.5. The number of pyridine rings is 1. The van der Waals surface area contributed by atoms with Crippen molar-refractivity contribution in [1.82, 2.24) is 28.9 Å². The molecule has 5 rings (SSSR count). The molecule has 0 bridgehead atoms. The number of fused-ring (bicyclic) bond motifs is 3. The maximum Gasteiger partial charge on any atom is 0.305 e. The highest BCUT2D eigenvalue weighted by molar-refractivity contribution is 6.30. The van der Waals surface area contributed by atoms with E-state index in [-0.39, 0.29) is 6.42 Å². The topological polar surface area (TPSA) is 90.2 Å². The van der Waals surface area contributed by atoms with Crippen LogP contribution in [-0.2, 0) is 17.9 Å². The second-order valence-electron chi connectivity index (χ2n) is 7.40. The molecule has 9 heteroatoms. The number of carbonyl (C=O) groups is 1. The van der Waals surface area contributed by atoms with Gasteiger partial charge in [-0.15, -0.1) is 10.2 Å². The summed E-state index contributed by atoms with van der Waals surface area (Å²) in [5.74, 6) is -0.0448. The van der Waals surface area contributed by atoms with Gasteiger partial charge >= 0.3 is 5.97 Å². The average molecular weight is 435 g/mol. The van der Waals surface area contributed by atoms with Crippen LogP contribution in [0.4, 0.5) is 0 Å². The first-order valence-corrected chi connectivity index (χ1v) is 10.2. The highest BCUT2D eigenvalue weighted by atomic mass is 35.5. The number of hydrogen-bond donors (Lipinski definition) is 1. The highest BCUT2D eigenvalue weighted by Crippen LogP contribution is 2.30. The molecule has 0 amide bonds. The predicted octanol–water partition coefficient (Wildman–Crippen LogP) is 4.03. The Morgan fingerprint density at radius 2 is 1.97 bits per heavy atom. The van der Waals surface area contributed by atoms with Gasteiger partial charge in [0, 0.05) is 17.8 Å². The van der Waals surface area contributed by atoms with Gasteiger partial charge in [0.15, 0.2) is 5.65 Å². The fourth-order valence-electron chi connectivity index (χ4n) is 3.88. The molecule has 0 saturated carbocycles. The lowest BCUT2D eigenvalue weighted by Gasteiger charge is -2.10. The summed E-state index contributed by atoms with van der Waals surface area (Å²) in [5, 5.41) is 22.7. The summed E-state index contributed by atoms with van der Waals surface area (Å²) in [7, 11) is 0. The van der Waals surface area contributed by atoms with Crippen molar-refractivity contribution in [2.75, 3.05) is 0 Å². The molecule has 5 aromatic rings. The molecule has 0 aliphatic rings. The van der Waals surface area contributed by atoms with E-state index in [0.29, 0.717) is 18.1 Å². The van der Waals surface area contributed by atoms with Crippen molar-refractivity contribution < 1.29 is 9.90 Å². The third-order valence-electron chi connectivity index (χ3n) is 5.29. The van der Waals surface area contributed by atoms with E-state index in [0.717, 1.165) is 39.5 Å². The van der Waals surface area contributed by atoms with E-state index >= 15 is 0 Å². The lowest BCUT2D eigenvalue weighted by atomic mass is 10.2. The quantitative estimate of drug-likeness (QED) is 0.435. The van der Waals surface area contributed by atoms with Gasteiger partial charge in [-0.25, -0.2) is 0 Å². The molecular formula is C22H19ClN6O2. The first kappa shape index (κ1) is 19.3. The maximum atomic E-state index is 10.9. The van der Waals surface area contributed by atoms with Crippen LogP contribution in [0.1, 0.15) is 17.8 Å². The van der Waals surface area contributed by atoms with Gasteiger partial charge < -0.3 is 9.67 Å². The number of nitrogens with zero attached hydrogens (tertiary/aromatic N) is 6. The van der Waals surface area contributed by atoms with E-state index in [2.05, 4.69) is 25.9 Å². The summed E-state index contributed by atoms with van der Waals surface area (Å²) in [6, 6.07) is 15.7. The van der Waals surface area contributed by atoms with E-state index < -0.39 is 5.97 Å². The van der Waals surface area contributed by atoms with E-state index in [1.807, 2.05) is 53.8 Å². The first-order valence-electron chi connectivity index (χ1n) is 9.83. The van der Waals surface area contributed by atoms with Crippen LogP contribution in [0, 0.1) is 6.92 Å². The van der Waals surface area contributed by atoms with Gasteiger partial charge in [0.2, 0.25) is 0 Å². The van der Waals surface area contributed by atoms with Gasteiger partial charge in [0.1, 0.15) is 11.5 Å². The third kappa shape index (κ3) is 3.55. The minimum absolute atomic E-state index is 0.0210. The van der Waals surface area contributed by atoms with Crippen LogP contribution in [0.3, 0.4) is 0 Å². The number of carboxylic acids is 1. The summed E-state index contributed by atoms with van der Waals surface area (Å²) in [6.45, 7) is 2.85. The van der Waals surface area contributed by atoms with E-state index in [4.69, 9.17) is 16.7 Å². The van der Waals surface area contributed by atoms with Gasteiger partial charge in [-0.3, -0.25) is 13.9 Å². The largest absolute Gasteiger partial charge is 0.481 e. The molecule has 0 unspecified atom stereocenters. The summed E-state index contributed by atoms with van der Waals surface area (Å²) in [4.78, 5) is 10.9. The van der Waals surface area contributed by atoms with Crippen LogP contribution in [0.25, 0.3) is 28.1 Å². The van der Waals surface area contributed by atoms with Gasteiger partial charge in [-0.1, -0.05) is 23.7 Å². The Morgan fingerprint density at radius 3 is 2.77 bits per heavy atom. The van der Waals surface area contributed by atoms with Crippen LogP contribution in [0.5, 0.6) is 0 Å². The average Bonchev–Trinajstić information content (AvgIpc) is 3.44. The number of hydrogen-bond acceptors (Lipinski definition) is 4. The molecule has 1 N–H and O–H groups in total. The highest BCUT2D eigenvalue weighted by Gasteiger charge is 2.17. The molecule has 0 atom stereocenters. The van der Waals surface area contributed by atoms with Crippen LogP contribution < -0.4 is 0 Å². The molecule has 0 aliphatic carbocycles. The standard InChI is InChI=1S/C22H19ClN6O2/c1-14-24-25-21-6-5-18-20(29(14)21)12-19(17-7-9-27(26-17)10-8-22(30)31)28(18)13-15-3-2-4-16(23)11-15/h2-7,9,11-12H,8,10,13H2,1H3,(H,30,31). The second kappa shape index (κ2) is 7.55. The van der Waals surface area contributed by atoms with Crippen molar-refractivity contribution in [3.63, 3.8) is 0 Å². The molecular weight excluding hydrogens is 416 g/mol. The van der Waals surface area contributed by atoms with Crippen LogP contribution in [-0.4, -0.2) is 40.0 Å². The summed E-state index contributed by atoms with van der Waals surface area (Å²) in [5.41, 5.74) is 5.54. The SMILES string of the molecule is Cc1nnc2ccc3c(cc(-c4ccn(CCC(=O)O)n4)n3Cc3cccc(Cl)c3)n12. The van der Waals surface area contributed by atoms with E-state index in [1.54, 1.807) is 10.9 Å². The zero-order valence-electron chi connectivity index (χ0n) is 16.7. The number of benzene rings is 1. The van der Waals surface area contributed by atoms with Crippen molar-refractivity contribution in [3.8, 4) is 11.4 Å². The van der Waals surface area contributed by atoms with Crippen molar-refractivity contribution in [2.45, 2.75) is 26.4 Å². The lowest BCUT2D eigenvalue weighted by Crippen LogP contribution is -2.06. The molecule has 0 fully saturated rings. The number of aromatic nitrogens is 6. The van der Waals surface area contributed by atoms with Crippen molar-refractivity contribution in [2.24, 2.45) is 0 Å². The Morgan fingerprint density at radius 1 is 1.10 bits per heavy atom. The Hall–Kier alpha value is -3.65. The summed E-state index contributed by atoms with van der Waals surface area (Å²) >= 11 is 6.21. The maximum absolute atomic E-state index is 10.9. The molecule has 4 aromatic heterocycles. The van der Waals surface area contributed by atoms with E-state index in [1.165, 1.54) is 0 Å². The minimum Gasteiger partial charge on any atom is -0.481 e. The molecule has 4 heterocycles. The number of rotatable bonds is 6. The molecule has 0 radical (unpaired) electrons. The summed E-state index contributed by atoms with van der Waals surface area (Å²) < 4.78 is 5.86. The molecule has 1 aromatic carbocycles. The van der Waals surface area contributed by atoms with Crippen molar-refractivity contribution in [3.05, 3.63) is 71.1 Å². The zero-order valence-corrected chi connectivity index (χ0v) is 17.5. The van der Waals surface area contributed by atoms with Gasteiger partial charge in [-0.05, 0) is 48.9 Å². The monoisotopic (exact) mass is 434 g/mol. The fourth-order valence-corrected chi connectivity index (χ4v) is 4.09. The molecule has 156 valence electrons. The first-order chi connectivity index (χ1) is 15.0. The fraction of sp³-hybridized carbons (Fsp3) is 0.182. The molecule has 0 spiro atoms. The number of halogens is 1. The summed E-state index contributed by atoms with van der Waals surface area (Å²) in [6.07, 6.45) is 1.83. The minimum atomic E-state index is -0.849. The number of carboxylic acid groups (broad SMARTS) is 1. The molecule has 0 aliphatic heterocycles. The predicted molar refractivity (Wildman–Crippen MR) is 117 cm³/mol. The Labute approximate surface area is 182 Å². The van der Waals surface area contributed by atoms with Gasteiger partial charge in [0.25, 0.3) is 0 Å². The van der Waals surface area contributed by atoms with Crippen LogP contribution in [0.2, 0.25) is 5.02 Å². The number of aliphatic carboxylic acids is 1. The second-order valence-corrected chi connectivity index (χ2v) is 7.83. The van der Waals surface area contributed by atoms with Gasteiger partial charge in [0.05, 0.1) is 29.7 Å². The Kier molecular flexibility index (Phi) is 4.71. The number of aryl methyl sites for hydroxylation is 2.